The highest BCUT2D eigenvalue weighted by molar-refractivity contribution is 5.22. The molecule has 0 atom stereocenters. The van der Waals surface area contributed by atoms with Gasteiger partial charge in [0.15, 0.2) is 0 Å². The Morgan fingerprint density at radius 2 is 1.50 bits per heavy atom. The number of H-pyrrole nitrogens is 1. The topological polar surface area (TPSA) is 65.5 Å². The third-order valence-electron chi connectivity index (χ3n) is 6.34. The zero-order valence-electron chi connectivity index (χ0n) is 22.7. The Bertz CT molecular complexity index is 949. The summed E-state index contributed by atoms with van der Waals surface area (Å²) in [5.41, 5.74) is 2.61. The van der Waals surface area contributed by atoms with E-state index in [9.17, 15) is 0 Å². The van der Waals surface area contributed by atoms with Crippen molar-refractivity contribution in [1.82, 2.24) is 34.2 Å². The lowest BCUT2D eigenvalue weighted by molar-refractivity contribution is 0.0869. The largest absolute Gasteiger partial charge is 0.379 e. The van der Waals surface area contributed by atoms with Crippen molar-refractivity contribution in [3.05, 3.63) is 71.8 Å². The summed E-state index contributed by atoms with van der Waals surface area (Å²) in [7, 11) is 4.20. The van der Waals surface area contributed by atoms with Gasteiger partial charge < -0.3 is 19.2 Å². The minimum absolute atomic E-state index is 0.749. The van der Waals surface area contributed by atoms with Crippen molar-refractivity contribution in [3.63, 3.8) is 0 Å². The summed E-state index contributed by atoms with van der Waals surface area (Å²) in [6.45, 7) is 13.6. The van der Waals surface area contributed by atoms with Gasteiger partial charge in [-0.05, 0) is 44.1 Å². The van der Waals surface area contributed by atoms with Crippen LogP contribution >= 0.6 is 0 Å². The first-order valence-corrected chi connectivity index (χ1v) is 13.3. The van der Waals surface area contributed by atoms with Gasteiger partial charge in [0, 0.05) is 58.0 Å². The molecule has 2 heterocycles. The number of hydrogen-bond donors (Lipinski definition) is 1. The summed E-state index contributed by atoms with van der Waals surface area (Å²) in [6.07, 6.45) is 9.92. The van der Waals surface area contributed by atoms with Crippen LogP contribution in [0.15, 0.2) is 49.1 Å². The Labute approximate surface area is 217 Å². The molecule has 36 heavy (non-hydrogen) atoms. The minimum Gasteiger partial charge on any atom is -0.379 e. The van der Waals surface area contributed by atoms with Crippen LogP contribution in [0.3, 0.4) is 0 Å². The van der Waals surface area contributed by atoms with E-state index in [0.717, 1.165) is 77.2 Å². The van der Waals surface area contributed by atoms with Gasteiger partial charge in [-0.25, -0.2) is 9.97 Å². The molecule has 0 saturated heterocycles. The van der Waals surface area contributed by atoms with Crippen molar-refractivity contribution < 1.29 is 4.74 Å². The Balaban J connectivity index is 1.43. The molecule has 3 aromatic rings. The molecule has 2 aromatic heterocycles. The number of aromatic nitrogens is 4. The number of aryl methyl sites for hydroxylation is 1. The molecule has 0 fully saturated rings. The van der Waals surface area contributed by atoms with E-state index in [-0.39, 0.29) is 0 Å². The fourth-order valence-electron chi connectivity index (χ4n) is 4.40. The van der Waals surface area contributed by atoms with Crippen molar-refractivity contribution in [3.8, 4) is 0 Å². The molecule has 3 rings (SSSR count). The van der Waals surface area contributed by atoms with Crippen LogP contribution in [0.4, 0.5) is 0 Å². The Morgan fingerprint density at radius 1 is 0.806 bits per heavy atom. The van der Waals surface area contributed by atoms with Crippen LogP contribution in [0.2, 0.25) is 0 Å². The smallest absolute Gasteiger partial charge is 0.122 e. The van der Waals surface area contributed by atoms with Crippen LogP contribution in [-0.2, 0) is 38.0 Å². The number of nitrogens with zero attached hydrogens (tertiary/aromatic N) is 6. The average molecular weight is 496 g/mol. The third kappa shape index (κ3) is 9.85. The van der Waals surface area contributed by atoms with Gasteiger partial charge in [0.05, 0.1) is 26.3 Å². The first kappa shape index (κ1) is 28.1. The standard InChI is InChI=1S/C28H45N7O/c1-5-14-34(15-6-2)18-20-36-19-17-32(3)21-25-7-9-26(10-8-25)22-35(23-27-29-11-12-30-27)24-28-31-13-16-33(28)4/h7-13,16H,5-6,14-15,17-24H2,1-4H3,(H,29,30). The fourth-order valence-corrected chi connectivity index (χ4v) is 4.40. The molecule has 0 bridgehead atoms. The number of rotatable bonds is 18. The van der Waals surface area contributed by atoms with Crippen molar-refractivity contribution >= 4 is 0 Å². The van der Waals surface area contributed by atoms with E-state index in [4.69, 9.17) is 4.74 Å². The van der Waals surface area contributed by atoms with Gasteiger partial charge in [0.1, 0.15) is 11.6 Å². The third-order valence-corrected chi connectivity index (χ3v) is 6.34. The molecular formula is C28H45N7O. The predicted molar refractivity (Wildman–Crippen MR) is 145 cm³/mol. The molecule has 0 aliphatic carbocycles. The van der Waals surface area contributed by atoms with Gasteiger partial charge >= 0.3 is 0 Å². The maximum absolute atomic E-state index is 5.92. The molecule has 0 aliphatic rings. The highest BCUT2D eigenvalue weighted by Crippen LogP contribution is 2.13. The number of aromatic amines is 1. The van der Waals surface area contributed by atoms with E-state index in [1.165, 1.54) is 24.0 Å². The fraction of sp³-hybridized carbons (Fsp3) is 0.571. The second-order valence-electron chi connectivity index (χ2n) is 9.64. The van der Waals surface area contributed by atoms with Gasteiger partial charge in [0.2, 0.25) is 0 Å². The average Bonchev–Trinajstić information content (AvgIpc) is 3.52. The predicted octanol–water partition coefficient (Wildman–Crippen LogP) is 3.92. The molecule has 0 spiro atoms. The number of benzene rings is 1. The molecular weight excluding hydrogens is 450 g/mol. The van der Waals surface area contributed by atoms with Crippen molar-refractivity contribution in [2.75, 3.05) is 46.4 Å². The van der Waals surface area contributed by atoms with E-state index < -0.39 is 0 Å². The first-order chi connectivity index (χ1) is 17.6. The number of likely N-dealkylation sites (N-methyl/N-ethyl adjacent to an activating group) is 1. The number of hydrogen-bond acceptors (Lipinski definition) is 6. The molecule has 0 amide bonds. The van der Waals surface area contributed by atoms with Crippen LogP contribution in [0.25, 0.3) is 0 Å². The lowest BCUT2D eigenvalue weighted by Crippen LogP contribution is -2.30. The monoisotopic (exact) mass is 495 g/mol. The minimum atomic E-state index is 0.749. The maximum atomic E-state index is 5.92. The Kier molecular flexibility index (Phi) is 12.1. The number of nitrogens with one attached hydrogen (secondary N) is 1. The second kappa shape index (κ2) is 15.6. The second-order valence-corrected chi connectivity index (χ2v) is 9.64. The van der Waals surface area contributed by atoms with Crippen LogP contribution in [0.1, 0.15) is 49.5 Å². The van der Waals surface area contributed by atoms with Crippen molar-refractivity contribution in [2.24, 2.45) is 7.05 Å². The normalized spacial score (nSPS) is 11.9. The van der Waals surface area contributed by atoms with E-state index >= 15 is 0 Å². The maximum Gasteiger partial charge on any atom is 0.122 e. The van der Waals surface area contributed by atoms with Crippen LogP contribution in [-0.4, -0.2) is 80.7 Å². The van der Waals surface area contributed by atoms with Crippen molar-refractivity contribution in [2.45, 2.75) is 52.9 Å². The Morgan fingerprint density at radius 3 is 2.11 bits per heavy atom. The summed E-state index contributed by atoms with van der Waals surface area (Å²) in [6, 6.07) is 8.96. The molecule has 0 saturated carbocycles. The summed E-state index contributed by atoms with van der Waals surface area (Å²) in [5.74, 6) is 2.01. The first-order valence-electron chi connectivity index (χ1n) is 13.3. The van der Waals surface area contributed by atoms with E-state index in [1.807, 2.05) is 25.6 Å². The van der Waals surface area contributed by atoms with E-state index in [0.29, 0.717) is 0 Å². The SMILES string of the molecule is CCCN(CCC)CCOCCN(C)Cc1ccc(CN(Cc2ncc[nH]2)Cc2nccn2C)cc1. The van der Waals surface area contributed by atoms with Crippen molar-refractivity contribution in [1.29, 1.82) is 0 Å². The molecule has 8 nitrogen and oxygen atoms in total. The lowest BCUT2D eigenvalue weighted by atomic mass is 10.1. The molecule has 1 aromatic carbocycles. The molecule has 8 heteroatoms. The van der Waals surface area contributed by atoms with Crippen LogP contribution < -0.4 is 0 Å². The molecule has 0 unspecified atom stereocenters. The number of ether oxygens (including phenoxy) is 1. The highest BCUT2D eigenvalue weighted by atomic mass is 16.5. The zero-order chi connectivity index (χ0) is 25.6. The van der Waals surface area contributed by atoms with Gasteiger partial charge in [-0.15, -0.1) is 0 Å². The highest BCUT2D eigenvalue weighted by Gasteiger charge is 2.12. The summed E-state index contributed by atoms with van der Waals surface area (Å²) in [4.78, 5) is 19.3. The van der Waals surface area contributed by atoms with Gasteiger partial charge in [-0.1, -0.05) is 38.1 Å². The Hall–Kier alpha value is -2.52. The molecule has 1 N–H and O–H groups in total. The quantitative estimate of drug-likeness (QED) is 0.270. The lowest BCUT2D eigenvalue weighted by Gasteiger charge is -2.22. The molecule has 0 aliphatic heterocycles. The van der Waals surface area contributed by atoms with E-state index in [2.05, 4.69) is 79.4 Å². The van der Waals surface area contributed by atoms with E-state index in [1.54, 1.807) is 6.20 Å². The molecule has 0 radical (unpaired) electrons. The van der Waals surface area contributed by atoms with Gasteiger partial charge in [0.25, 0.3) is 0 Å². The van der Waals surface area contributed by atoms with Gasteiger partial charge in [-0.2, -0.15) is 0 Å². The summed E-state index contributed by atoms with van der Waals surface area (Å²) in [5, 5.41) is 0. The molecule has 198 valence electrons. The van der Waals surface area contributed by atoms with Crippen LogP contribution in [0.5, 0.6) is 0 Å². The van der Waals surface area contributed by atoms with Crippen LogP contribution in [0, 0.1) is 0 Å². The number of imidazole rings is 2. The van der Waals surface area contributed by atoms with Gasteiger partial charge in [-0.3, -0.25) is 9.80 Å². The summed E-state index contributed by atoms with van der Waals surface area (Å²) >= 11 is 0. The zero-order valence-corrected chi connectivity index (χ0v) is 22.7. The summed E-state index contributed by atoms with van der Waals surface area (Å²) < 4.78 is 7.99.